The van der Waals surface area contributed by atoms with E-state index in [1.165, 1.54) is 23.9 Å². The molecule has 0 bridgehead atoms. The van der Waals surface area contributed by atoms with Crippen LogP contribution in [0.15, 0.2) is 26.0 Å². The number of nitro groups is 1. The maximum Gasteiger partial charge on any atom is 0.271 e. The summed E-state index contributed by atoms with van der Waals surface area (Å²) in [5, 5.41) is 10.6. The van der Waals surface area contributed by atoms with Gasteiger partial charge in [-0.15, -0.1) is 11.8 Å². The highest BCUT2D eigenvalue weighted by molar-refractivity contribution is 9.11. The number of thioether (sulfide) groups is 1. The van der Waals surface area contributed by atoms with E-state index in [9.17, 15) is 14.9 Å². The molecule has 86 valence electrons. The van der Waals surface area contributed by atoms with Crippen molar-refractivity contribution in [2.75, 3.05) is 5.75 Å². The number of benzene rings is 1. The maximum atomic E-state index is 10.6. The molecule has 0 fully saturated rings. The van der Waals surface area contributed by atoms with E-state index < -0.39 is 10.8 Å². The van der Waals surface area contributed by atoms with Crippen molar-refractivity contribution in [2.24, 2.45) is 5.73 Å². The molecule has 0 aliphatic carbocycles. The third kappa shape index (κ3) is 3.46. The molecule has 1 aromatic rings. The molecule has 0 spiro atoms. The Hall–Kier alpha value is -0.600. The summed E-state index contributed by atoms with van der Waals surface area (Å²) in [5.74, 6) is -0.322. The Morgan fingerprint density at radius 1 is 1.44 bits per heavy atom. The van der Waals surface area contributed by atoms with E-state index in [-0.39, 0.29) is 11.4 Å². The number of hydrogen-bond donors (Lipinski definition) is 1. The lowest BCUT2D eigenvalue weighted by atomic mass is 10.3. The quantitative estimate of drug-likeness (QED) is 0.502. The van der Waals surface area contributed by atoms with Crippen LogP contribution in [0.25, 0.3) is 0 Å². The van der Waals surface area contributed by atoms with E-state index in [1.807, 2.05) is 0 Å². The van der Waals surface area contributed by atoms with Gasteiger partial charge < -0.3 is 5.73 Å². The number of amides is 1. The van der Waals surface area contributed by atoms with Gasteiger partial charge in [0.1, 0.15) is 0 Å². The number of halogens is 2. The first-order valence-corrected chi connectivity index (χ1v) is 6.53. The summed E-state index contributed by atoms with van der Waals surface area (Å²) in [6.07, 6.45) is 0. The standard InChI is InChI=1S/C8H6Br2N2O3S/c9-5-1-4(12(14)15)2-6(10)8(5)16-3-7(11)13/h1-2H,3H2,(H2,11,13). The molecule has 0 atom stereocenters. The first-order valence-electron chi connectivity index (χ1n) is 3.96. The molecule has 0 aromatic heterocycles. The molecule has 16 heavy (non-hydrogen) atoms. The molecule has 0 aliphatic rings. The third-order valence-electron chi connectivity index (χ3n) is 1.55. The van der Waals surface area contributed by atoms with Crippen LogP contribution in [-0.4, -0.2) is 16.6 Å². The number of hydrogen-bond acceptors (Lipinski definition) is 4. The average molecular weight is 370 g/mol. The molecular formula is C8H6Br2N2O3S. The minimum Gasteiger partial charge on any atom is -0.369 e. The van der Waals surface area contributed by atoms with E-state index >= 15 is 0 Å². The van der Waals surface area contributed by atoms with Gasteiger partial charge in [0.2, 0.25) is 5.91 Å². The zero-order valence-corrected chi connectivity index (χ0v) is 11.8. The van der Waals surface area contributed by atoms with Crippen molar-refractivity contribution in [3.63, 3.8) is 0 Å². The number of carbonyl (C=O) groups excluding carboxylic acids is 1. The van der Waals surface area contributed by atoms with Crippen LogP contribution >= 0.6 is 43.6 Å². The Labute approximate surface area is 112 Å². The van der Waals surface area contributed by atoms with E-state index in [1.54, 1.807) is 0 Å². The Morgan fingerprint density at radius 2 is 1.94 bits per heavy atom. The van der Waals surface area contributed by atoms with Gasteiger partial charge in [0.25, 0.3) is 5.69 Å². The summed E-state index contributed by atoms with van der Waals surface area (Å²) in [6, 6.07) is 2.77. The van der Waals surface area contributed by atoms with Crippen molar-refractivity contribution in [2.45, 2.75) is 4.90 Å². The Balaban J connectivity index is 3.03. The number of carbonyl (C=O) groups is 1. The van der Waals surface area contributed by atoms with Gasteiger partial charge in [0, 0.05) is 26.0 Å². The minimum absolute atomic E-state index is 0.0258. The second kappa shape index (κ2) is 5.65. The summed E-state index contributed by atoms with van der Waals surface area (Å²) in [5.41, 5.74) is 4.99. The van der Waals surface area contributed by atoms with Crippen LogP contribution in [0.4, 0.5) is 5.69 Å². The smallest absolute Gasteiger partial charge is 0.271 e. The number of nitro benzene ring substituents is 1. The van der Waals surface area contributed by atoms with Gasteiger partial charge in [0.15, 0.2) is 0 Å². The highest BCUT2D eigenvalue weighted by Gasteiger charge is 2.14. The van der Waals surface area contributed by atoms with Crippen LogP contribution < -0.4 is 5.73 Å². The molecule has 0 heterocycles. The van der Waals surface area contributed by atoms with Gasteiger partial charge in [-0.1, -0.05) is 0 Å². The van der Waals surface area contributed by atoms with Crippen molar-refractivity contribution in [1.29, 1.82) is 0 Å². The van der Waals surface area contributed by atoms with Crippen LogP contribution in [0.2, 0.25) is 0 Å². The molecule has 0 unspecified atom stereocenters. The number of nitrogens with two attached hydrogens (primary N) is 1. The highest BCUT2D eigenvalue weighted by Crippen LogP contribution is 2.37. The largest absolute Gasteiger partial charge is 0.369 e. The average Bonchev–Trinajstić information content (AvgIpc) is 2.15. The molecule has 1 amide bonds. The molecule has 1 rings (SSSR count). The van der Waals surface area contributed by atoms with Gasteiger partial charge in [-0.2, -0.15) is 0 Å². The van der Waals surface area contributed by atoms with Crippen molar-refractivity contribution in [3.8, 4) is 0 Å². The van der Waals surface area contributed by atoms with Crippen LogP contribution in [-0.2, 0) is 4.79 Å². The summed E-state index contributed by atoms with van der Waals surface area (Å²) >= 11 is 7.63. The molecule has 1 aromatic carbocycles. The SMILES string of the molecule is NC(=O)CSc1c(Br)cc([N+](=O)[O-])cc1Br. The van der Waals surface area contributed by atoms with E-state index in [2.05, 4.69) is 31.9 Å². The molecule has 0 aliphatic heterocycles. The first kappa shape index (κ1) is 13.5. The van der Waals surface area contributed by atoms with Crippen LogP contribution in [0.1, 0.15) is 0 Å². The molecule has 5 nitrogen and oxygen atoms in total. The maximum absolute atomic E-state index is 10.6. The monoisotopic (exact) mass is 368 g/mol. The van der Waals surface area contributed by atoms with Crippen molar-refractivity contribution in [3.05, 3.63) is 31.2 Å². The normalized spacial score (nSPS) is 10.1. The molecular weight excluding hydrogens is 364 g/mol. The second-order valence-electron chi connectivity index (χ2n) is 2.75. The predicted octanol–water partition coefficient (Wildman–Crippen LogP) is 2.70. The van der Waals surface area contributed by atoms with Gasteiger partial charge in [-0.05, 0) is 31.9 Å². The lowest BCUT2D eigenvalue weighted by Crippen LogP contribution is -2.13. The van der Waals surface area contributed by atoms with Gasteiger partial charge in [0.05, 0.1) is 10.7 Å². The van der Waals surface area contributed by atoms with Crippen LogP contribution in [0.5, 0.6) is 0 Å². The fraction of sp³-hybridized carbons (Fsp3) is 0.125. The Kier molecular flexibility index (Phi) is 4.75. The topological polar surface area (TPSA) is 86.2 Å². The van der Waals surface area contributed by atoms with Gasteiger partial charge in [-0.25, -0.2) is 0 Å². The van der Waals surface area contributed by atoms with E-state index in [4.69, 9.17) is 5.73 Å². The minimum atomic E-state index is -0.488. The highest BCUT2D eigenvalue weighted by atomic mass is 79.9. The molecule has 0 saturated carbocycles. The lowest BCUT2D eigenvalue weighted by Gasteiger charge is -2.05. The van der Waals surface area contributed by atoms with E-state index in [0.717, 1.165) is 0 Å². The molecule has 2 N–H and O–H groups in total. The first-order chi connectivity index (χ1) is 7.41. The van der Waals surface area contributed by atoms with Gasteiger partial charge in [-0.3, -0.25) is 14.9 Å². The Bertz CT molecular complexity index is 430. The predicted molar refractivity (Wildman–Crippen MR) is 68.4 cm³/mol. The molecule has 0 saturated heterocycles. The summed E-state index contributed by atoms with van der Waals surface area (Å²) in [7, 11) is 0. The number of non-ortho nitro benzene ring substituents is 1. The lowest BCUT2D eigenvalue weighted by molar-refractivity contribution is -0.385. The van der Waals surface area contributed by atoms with E-state index in [0.29, 0.717) is 13.8 Å². The van der Waals surface area contributed by atoms with Crippen LogP contribution in [0, 0.1) is 10.1 Å². The zero-order chi connectivity index (χ0) is 12.3. The summed E-state index contributed by atoms with van der Waals surface area (Å²) in [6.45, 7) is 0. The Morgan fingerprint density at radius 3 is 2.31 bits per heavy atom. The number of nitrogens with zero attached hydrogens (tertiary/aromatic N) is 1. The van der Waals surface area contributed by atoms with Crippen molar-refractivity contribution >= 4 is 55.2 Å². The van der Waals surface area contributed by atoms with Crippen LogP contribution in [0.3, 0.4) is 0 Å². The molecule has 8 heteroatoms. The second-order valence-corrected chi connectivity index (χ2v) is 5.44. The summed E-state index contributed by atoms with van der Waals surface area (Å²) < 4.78 is 1.11. The van der Waals surface area contributed by atoms with Crippen molar-refractivity contribution < 1.29 is 9.72 Å². The number of rotatable bonds is 4. The molecule has 0 radical (unpaired) electrons. The number of primary amides is 1. The fourth-order valence-corrected chi connectivity index (χ4v) is 3.46. The fourth-order valence-electron chi connectivity index (χ4n) is 0.933. The third-order valence-corrected chi connectivity index (χ3v) is 4.49. The van der Waals surface area contributed by atoms with Crippen molar-refractivity contribution in [1.82, 2.24) is 0 Å². The summed E-state index contributed by atoms with van der Waals surface area (Å²) in [4.78, 5) is 21.4. The van der Waals surface area contributed by atoms with Gasteiger partial charge >= 0.3 is 0 Å². The zero-order valence-electron chi connectivity index (χ0n) is 7.78.